The molecular weight excluding hydrogens is 335 g/mol. The Kier molecular flexibility index (Phi) is 5.40. The molecule has 0 radical (unpaired) electrons. The summed E-state index contributed by atoms with van der Waals surface area (Å²) in [5.74, 6) is 0.289. The molecule has 1 unspecified atom stereocenters. The van der Waals surface area contributed by atoms with E-state index in [1.165, 1.54) is 4.90 Å². The summed E-state index contributed by atoms with van der Waals surface area (Å²) in [6.07, 6.45) is 0.224. The topological polar surface area (TPSA) is 28.2 Å². The van der Waals surface area contributed by atoms with Gasteiger partial charge in [-0.2, -0.15) is 13.2 Å². The zero-order chi connectivity index (χ0) is 14.6. The van der Waals surface area contributed by atoms with Gasteiger partial charge < -0.3 is 5.32 Å². The van der Waals surface area contributed by atoms with Crippen molar-refractivity contribution in [1.29, 1.82) is 0 Å². The number of rotatable bonds is 5. The number of halogens is 4. The van der Waals surface area contributed by atoms with E-state index in [4.69, 9.17) is 0 Å². The van der Waals surface area contributed by atoms with Crippen LogP contribution >= 0.6 is 15.9 Å². The van der Waals surface area contributed by atoms with Crippen molar-refractivity contribution in [2.45, 2.75) is 19.1 Å². The molecule has 0 aliphatic carbocycles. The first kappa shape index (κ1) is 15.7. The molecule has 20 heavy (non-hydrogen) atoms. The number of nitrogens with one attached hydrogen (secondary N) is 1. The number of alkyl halides is 3. The summed E-state index contributed by atoms with van der Waals surface area (Å²) in [4.78, 5) is 5.55. The van der Waals surface area contributed by atoms with Crippen LogP contribution in [0.1, 0.15) is 12.0 Å². The lowest BCUT2D eigenvalue weighted by atomic mass is 10.1. The third kappa shape index (κ3) is 5.38. The first-order valence-corrected chi connectivity index (χ1v) is 7.31. The van der Waals surface area contributed by atoms with Gasteiger partial charge in [0.1, 0.15) is 0 Å². The molecule has 0 spiro atoms. The lowest BCUT2D eigenvalue weighted by molar-refractivity contribution is -0.143. The Bertz CT molecular complexity index is 439. The maximum Gasteiger partial charge on any atom is 0.401 e. The van der Waals surface area contributed by atoms with Crippen molar-refractivity contribution in [3.63, 3.8) is 0 Å². The zero-order valence-corrected chi connectivity index (χ0v) is 12.5. The molecule has 2 rings (SSSR count). The summed E-state index contributed by atoms with van der Waals surface area (Å²) < 4.78 is 37.8. The normalized spacial score (nSPS) is 20.5. The molecule has 1 aliphatic rings. The summed E-state index contributed by atoms with van der Waals surface area (Å²) in [5, 5.41) is 3.29. The fourth-order valence-corrected chi connectivity index (χ4v) is 2.86. The molecule has 112 valence electrons. The van der Waals surface area contributed by atoms with Crippen LogP contribution in [0.25, 0.3) is 0 Å². The molecule has 1 saturated heterocycles. The number of aromatic nitrogens is 1. The molecule has 0 amide bonds. The Morgan fingerprint density at radius 1 is 1.40 bits per heavy atom. The van der Waals surface area contributed by atoms with Crippen molar-refractivity contribution < 1.29 is 13.2 Å². The number of hydrogen-bond acceptors (Lipinski definition) is 3. The highest BCUT2D eigenvalue weighted by Gasteiger charge is 2.34. The molecule has 1 N–H and O–H groups in total. The molecule has 3 nitrogen and oxygen atoms in total. The first-order valence-electron chi connectivity index (χ1n) is 6.51. The summed E-state index contributed by atoms with van der Waals surface area (Å²) >= 11 is 3.35. The van der Waals surface area contributed by atoms with Crippen LogP contribution in [0.5, 0.6) is 0 Å². The minimum Gasteiger partial charge on any atom is -0.312 e. The van der Waals surface area contributed by atoms with Crippen molar-refractivity contribution in [2.24, 2.45) is 5.92 Å². The van der Waals surface area contributed by atoms with Crippen molar-refractivity contribution >= 4 is 15.9 Å². The fraction of sp³-hybridized carbons (Fsp3) is 0.615. The summed E-state index contributed by atoms with van der Waals surface area (Å²) in [7, 11) is 0. The minimum atomic E-state index is -4.09. The van der Waals surface area contributed by atoms with Gasteiger partial charge in [0.25, 0.3) is 0 Å². The van der Waals surface area contributed by atoms with Gasteiger partial charge in [-0.25, -0.2) is 0 Å². The predicted molar refractivity (Wildman–Crippen MR) is 74.2 cm³/mol. The molecule has 0 bridgehead atoms. The summed E-state index contributed by atoms with van der Waals surface area (Å²) in [5.41, 5.74) is 1.06. The van der Waals surface area contributed by atoms with E-state index in [1.807, 2.05) is 6.07 Å². The lowest BCUT2D eigenvalue weighted by Gasteiger charge is -2.18. The zero-order valence-electron chi connectivity index (χ0n) is 11.0. The van der Waals surface area contributed by atoms with E-state index in [9.17, 15) is 13.2 Å². The molecular formula is C13H17BrF3N3. The Hall–Kier alpha value is -0.660. The van der Waals surface area contributed by atoms with Crippen molar-refractivity contribution in [3.05, 3.63) is 28.5 Å². The maximum absolute atomic E-state index is 12.3. The molecule has 7 heteroatoms. The largest absolute Gasteiger partial charge is 0.401 e. The van der Waals surface area contributed by atoms with Crippen molar-refractivity contribution in [3.8, 4) is 0 Å². The van der Waals surface area contributed by atoms with E-state index in [2.05, 4.69) is 26.2 Å². The van der Waals surface area contributed by atoms with Crippen LogP contribution in [0.2, 0.25) is 0 Å². The van der Waals surface area contributed by atoms with E-state index in [0.29, 0.717) is 19.6 Å². The van der Waals surface area contributed by atoms with Gasteiger partial charge in [-0.1, -0.05) is 0 Å². The second-order valence-electron chi connectivity index (χ2n) is 5.15. The molecule has 0 saturated carbocycles. The molecule has 2 heterocycles. The van der Waals surface area contributed by atoms with Gasteiger partial charge in [-0.15, -0.1) is 0 Å². The molecule has 1 atom stereocenters. The van der Waals surface area contributed by atoms with Crippen LogP contribution in [0.3, 0.4) is 0 Å². The highest BCUT2D eigenvalue weighted by molar-refractivity contribution is 9.10. The fourth-order valence-electron chi connectivity index (χ4n) is 2.45. The van der Waals surface area contributed by atoms with E-state index >= 15 is 0 Å². The van der Waals surface area contributed by atoms with Crippen LogP contribution in [-0.2, 0) is 6.54 Å². The second-order valence-corrected chi connectivity index (χ2v) is 6.06. The molecule has 1 aromatic heterocycles. The molecule has 1 fully saturated rings. The smallest absolute Gasteiger partial charge is 0.312 e. The van der Waals surface area contributed by atoms with Crippen LogP contribution in [0.15, 0.2) is 22.9 Å². The van der Waals surface area contributed by atoms with Crippen LogP contribution in [0, 0.1) is 5.92 Å². The maximum atomic E-state index is 12.3. The molecule has 1 aromatic rings. The minimum absolute atomic E-state index is 0.289. The standard InChI is InChI=1S/C13H17BrF3N3/c14-12-3-11(6-19-7-12)5-18-4-10-1-2-20(8-10)9-13(15,16)17/h3,6-7,10,18H,1-2,4-5,8-9H2. The third-order valence-corrected chi connectivity index (χ3v) is 3.73. The second kappa shape index (κ2) is 6.87. The Morgan fingerprint density at radius 2 is 2.20 bits per heavy atom. The predicted octanol–water partition coefficient (Wildman–Crippen LogP) is 2.82. The monoisotopic (exact) mass is 351 g/mol. The Balaban J connectivity index is 1.68. The SMILES string of the molecule is FC(F)(F)CN1CCC(CNCc2cncc(Br)c2)C1. The highest BCUT2D eigenvalue weighted by Crippen LogP contribution is 2.22. The van der Waals surface area contributed by atoms with Gasteiger partial charge in [0.2, 0.25) is 0 Å². The number of likely N-dealkylation sites (tertiary alicyclic amines) is 1. The average molecular weight is 352 g/mol. The van der Waals surface area contributed by atoms with Crippen molar-refractivity contribution in [1.82, 2.24) is 15.2 Å². The highest BCUT2D eigenvalue weighted by atomic mass is 79.9. The van der Waals surface area contributed by atoms with Gasteiger partial charge in [-0.05, 0) is 53.0 Å². The number of nitrogens with zero attached hydrogens (tertiary/aromatic N) is 2. The summed E-state index contributed by atoms with van der Waals surface area (Å²) in [6, 6.07) is 1.98. The number of pyridine rings is 1. The van der Waals surface area contributed by atoms with Gasteiger partial charge in [0, 0.05) is 30.0 Å². The Morgan fingerprint density at radius 3 is 2.90 bits per heavy atom. The van der Waals surface area contributed by atoms with Crippen LogP contribution in [0.4, 0.5) is 13.2 Å². The number of hydrogen-bond donors (Lipinski definition) is 1. The van der Waals surface area contributed by atoms with Crippen LogP contribution < -0.4 is 5.32 Å². The van der Waals surface area contributed by atoms with Gasteiger partial charge in [0.05, 0.1) is 6.54 Å². The quantitative estimate of drug-likeness (QED) is 0.884. The van der Waals surface area contributed by atoms with Crippen molar-refractivity contribution in [2.75, 3.05) is 26.2 Å². The van der Waals surface area contributed by atoms with E-state index in [0.717, 1.165) is 23.0 Å². The van der Waals surface area contributed by atoms with Gasteiger partial charge in [-0.3, -0.25) is 9.88 Å². The van der Waals surface area contributed by atoms with E-state index in [-0.39, 0.29) is 5.92 Å². The van der Waals surface area contributed by atoms with Gasteiger partial charge >= 0.3 is 6.18 Å². The van der Waals surface area contributed by atoms with E-state index < -0.39 is 12.7 Å². The summed E-state index contributed by atoms with van der Waals surface area (Å²) in [6.45, 7) is 1.68. The molecule has 0 aromatic carbocycles. The van der Waals surface area contributed by atoms with Crippen LogP contribution in [-0.4, -0.2) is 42.2 Å². The average Bonchev–Trinajstić information content (AvgIpc) is 2.74. The molecule has 1 aliphatic heterocycles. The Labute approximate surface area is 124 Å². The lowest BCUT2D eigenvalue weighted by Crippen LogP contribution is -2.33. The first-order chi connectivity index (χ1) is 9.42. The third-order valence-electron chi connectivity index (χ3n) is 3.30. The van der Waals surface area contributed by atoms with E-state index in [1.54, 1.807) is 12.4 Å². The van der Waals surface area contributed by atoms with Gasteiger partial charge in [0.15, 0.2) is 0 Å².